The Morgan fingerprint density at radius 1 is 0.943 bits per heavy atom. The standard InChI is InChI=1S/C28H39N3O3S/c1-28(2,3)24-11-13-25(14-12-24)35(33,34)31-19-15-23(16-20-31)27(32)29-21-26(30-17-7-8-18-30)22-9-5-4-6-10-22/h4-6,9-14,23,26H,7-8,15-21H2,1-3H3,(H,29,32). The molecule has 4 rings (SSSR count). The van der Waals surface area contributed by atoms with Crippen LogP contribution in [0.4, 0.5) is 0 Å². The molecule has 2 aromatic carbocycles. The molecule has 1 unspecified atom stereocenters. The molecule has 2 fully saturated rings. The van der Waals surface area contributed by atoms with Gasteiger partial charge in [0, 0.05) is 25.6 Å². The Hall–Kier alpha value is -2.22. The number of hydrogen-bond acceptors (Lipinski definition) is 4. The smallest absolute Gasteiger partial charge is 0.243 e. The summed E-state index contributed by atoms with van der Waals surface area (Å²) in [6.45, 7) is 9.77. The van der Waals surface area contributed by atoms with Crippen molar-refractivity contribution < 1.29 is 13.2 Å². The van der Waals surface area contributed by atoms with Crippen LogP contribution in [0.3, 0.4) is 0 Å². The van der Waals surface area contributed by atoms with Crippen LogP contribution in [0.5, 0.6) is 0 Å². The third-order valence-corrected chi connectivity index (χ3v) is 9.33. The molecular formula is C28H39N3O3S. The van der Waals surface area contributed by atoms with Crippen molar-refractivity contribution in [3.63, 3.8) is 0 Å². The lowest BCUT2D eigenvalue weighted by atomic mass is 9.87. The lowest BCUT2D eigenvalue weighted by Crippen LogP contribution is -2.44. The lowest BCUT2D eigenvalue weighted by molar-refractivity contribution is -0.126. The van der Waals surface area contributed by atoms with Crippen LogP contribution >= 0.6 is 0 Å². The second-order valence-electron chi connectivity index (χ2n) is 10.9. The summed E-state index contributed by atoms with van der Waals surface area (Å²) in [5.74, 6) is -0.114. The predicted octanol–water partition coefficient (Wildman–Crippen LogP) is 4.34. The average molecular weight is 498 g/mol. The first-order chi connectivity index (χ1) is 16.7. The number of sulfonamides is 1. The van der Waals surface area contributed by atoms with Crippen molar-refractivity contribution in [2.24, 2.45) is 5.92 Å². The Kier molecular flexibility index (Phi) is 7.99. The van der Waals surface area contributed by atoms with Crippen LogP contribution in [-0.2, 0) is 20.2 Å². The number of rotatable bonds is 7. The van der Waals surface area contributed by atoms with Gasteiger partial charge in [-0.15, -0.1) is 0 Å². The van der Waals surface area contributed by atoms with Gasteiger partial charge in [0.15, 0.2) is 0 Å². The van der Waals surface area contributed by atoms with Crippen LogP contribution in [0.1, 0.15) is 63.6 Å². The molecular weight excluding hydrogens is 458 g/mol. The van der Waals surface area contributed by atoms with E-state index in [2.05, 4.69) is 43.1 Å². The Balaban J connectivity index is 1.33. The van der Waals surface area contributed by atoms with Crippen LogP contribution in [0.15, 0.2) is 59.5 Å². The quantitative estimate of drug-likeness (QED) is 0.618. The SMILES string of the molecule is CC(C)(C)c1ccc(S(=O)(=O)N2CCC(C(=O)NCC(c3ccccc3)N3CCCC3)CC2)cc1. The maximum Gasteiger partial charge on any atom is 0.243 e. The molecule has 2 aromatic rings. The molecule has 0 bridgehead atoms. The zero-order chi connectivity index (χ0) is 25.1. The van der Waals surface area contributed by atoms with Gasteiger partial charge in [0.25, 0.3) is 0 Å². The first kappa shape index (κ1) is 25.9. The van der Waals surface area contributed by atoms with Crippen LogP contribution in [0, 0.1) is 5.92 Å². The molecule has 0 aromatic heterocycles. The van der Waals surface area contributed by atoms with Crippen molar-refractivity contribution in [3.8, 4) is 0 Å². The molecule has 1 N–H and O–H groups in total. The van der Waals surface area contributed by atoms with E-state index in [1.54, 1.807) is 12.1 Å². The molecule has 1 amide bonds. The number of benzene rings is 2. The summed E-state index contributed by atoms with van der Waals surface area (Å²) in [5.41, 5.74) is 2.31. The van der Waals surface area contributed by atoms with Gasteiger partial charge >= 0.3 is 0 Å². The second kappa shape index (κ2) is 10.8. The van der Waals surface area contributed by atoms with E-state index < -0.39 is 10.0 Å². The minimum Gasteiger partial charge on any atom is -0.354 e. The van der Waals surface area contributed by atoms with Gasteiger partial charge in [0.1, 0.15) is 0 Å². The van der Waals surface area contributed by atoms with E-state index >= 15 is 0 Å². The Labute approximate surface area is 210 Å². The normalized spacial score (nSPS) is 19.5. The highest BCUT2D eigenvalue weighted by molar-refractivity contribution is 7.89. The number of likely N-dealkylation sites (tertiary alicyclic amines) is 1. The topological polar surface area (TPSA) is 69.7 Å². The number of carbonyl (C=O) groups excluding carboxylic acids is 1. The van der Waals surface area contributed by atoms with Gasteiger partial charge < -0.3 is 5.32 Å². The first-order valence-electron chi connectivity index (χ1n) is 12.8. The van der Waals surface area contributed by atoms with Crippen LogP contribution in [0.25, 0.3) is 0 Å². The molecule has 2 heterocycles. The van der Waals surface area contributed by atoms with Gasteiger partial charge in [0.05, 0.1) is 10.9 Å². The Morgan fingerprint density at radius 3 is 2.11 bits per heavy atom. The van der Waals surface area contributed by atoms with Crippen molar-refractivity contribution in [1.82, 2.24) is 14.5 Å². The summed E-state index contributed by atoms with van der Waals surface area (Å²) in [4.78, 5) is 15.8. The van der Waals surface area contributed by atoms with Gasteiger partial charge in [-0.1, -0.05) is 63.2 Å². The molecule has 1 atom stereocenters. The highest BCUT2D eigenvalue weighted by atomic mass is 32.2. The summed E-state index contributed by atoms with van der Waals surface area (Å²) in [5, 5.41) is 3.18. The highest BCUT2D eigenvalue weighted by Gasteiger charge is 2.33. The molecule has 2 saturated heterocycles. The number of nitrogens with zero attached hydrogens (tertiary/aromatic N) is 2. The number of nitrogens with one attached hydrogen (secondary N) is 1. The maximum atomic E-state index is 13.2. The summed E-state index contributed by atoms with van der Waals surface area (Å²) in [6, 6.07) is 17.8. The van der Waals surface area contributed by atoms with Gasteiger partial charge in [-0.2, -0.15) is 4.31 Å². The average Bonchev–Trinajstić information content (AvgIpc) is 3.39. The Morgan fingerprint density at radius 2 is 1.54 bits per heavy atom. The second-order valence-corrected chi connectivity index (χ2v) is 12.8. The minimum absolute atomic E-state index is 0.0255. The Bertz CT molecular complexity index is 1080. The number of amides is 1. The van der Waals surface area contributed by atoms with E-state index in [0.717, 1.165) is 18.7 Å². The predicted molar refractivity (Wildman–Crippen MR) is 140 cm³/mol. The number of hydrogen-bond donors (Lipinski definition) is 1. The highest BCUT2D eigenvalue weighted by Crippen LogP contribution is 2.28. The van der Waals surface area contributed by atoms with Gasteiger partial charge in [0.2, 0.25) is 15.9 Å². The zero-order valence-electron chi connectivity index (χ0n) is 21.2. The van der Waals surface area contributed by atoms with E-state index in [1.807, 2.05) is 30.3 Å². The summed E-state index contributed by atoms with van der Waals surface area (Å²) in [6.07, 6.45) is 3.49. The largest absolute Gasteiger partial charge is 0.354 e. The van der Waals surface area contributed by atoms with Crippen molar-refractivity contribution in [3.05, 3.63) is 65.7 Å². The van der Waals surface area contributed by atoms with E-state index in [0.29, 0.717) is 37.4 Å². The third kappa shape index (κ3) is 6.13. The lowest BCUT2D eigenvalue weighted by Gasteiger charge is -2.32. The van der Waals surface area contributed by atoms with E-state index in [1.165, 1.54) is 22.7 Å². The minimum atomic E-state index is -3.55. The molecule has 2 aliphatic rings. The van der Waals surface area contributed by atoms with Crippen molar-refractivity contribution in [1.29, 1.82) is 0 Å². The monoisotopic (exact) mass is 497 g/mol. The fourth-order valence-corrected chi connectivity index (χ4v) is 6.63. The zero-order valence-corrected chi connectivity index (χ0v) is 22.1. The van der Waals surface area contributed by atoms with E-state index in [4.69, 9.17) is 0 Å². The molecule has 0 radical (unpaired) electrons. The molecule has 0 aliphatic carbocycles. The van der Waals surface area contributed by atoms with Crippen LogP contribution in [-0.4, -0.2) is 56.3 Å². The third-order valence-electron chi connectivity index (χ3n) is 7.42. The fraction of sp³-hybridized carbons (Fsp3) is 0.536. The fourth-order valence-electron chi connectivity index (χ4n) is 5.16. The van der Waals surface area contributed by atoms with Gasteiger partial charge in [-0.3, -0.25) is 9.69 Å². The van der Waals surface area contributed by atoms with Crippen molar-refractivity contribution in [2.75, 3.05) is 32.7 Å². The van der Waals surface area contributed by atoms with E-state index in [-0.39, 0.29) is 23.3 Å². The summed E-state index contributed by atoms with van der Waals surface area (Å²) >= 11 is 0. The summed E-state index contributed by atoms with van der Waals surface area (Å²) in [7, 11) is -3.55. The maximum absolute atomic E-state index is 13.2. The van der Waals surface area contributed by atoms with Crippen LogP contribution < -0.4 is 5.32 Å². The number of piperidine rings is 1. The molecule has 190 valence electrons. The van der Waals surface area contributed by atoms with Crippen molar-refractivity contribution in [2.45, 2.75) is 62.8 Å². The first-order valence-corrected chi connectivity index (χ1v) is 14.3. The summed E-state index contributed by atoms with van der Waals surface area (Å²) < 4.78 is 27.9. The number of carbonyl (C=O) groups is 1. The van der Waals surface area contributed by atoms with Gasteiger partial charge in [-0.05, 0) is 67.4 Å². The van der Waals surface area contributed by atoms with Gasteiger partial charge in [-0.25, -0.2) is 8.42 Å². The molecule has 6 nitrogen and oxygen atoms in total. The van der Waals surface area contributed by atoms with E-state index in [9.17, 15) is 13.2 Å². The van der Waals surface area contributed by atoms with Crippen LogP contribution in [0.2, 0.25) is 0 Å². The molecule has 0 spiro atoms. The molecule has 35 heavy (non-hydrogen) atoms. The molecule has 0 saturated carbocycles. The van der Waals surface area contributed by atoms with Crippen molar-refractivity contribution >= 4 is 15.9 Å². The molecule has 2 aliphatic heterocycles. The molecule has 7 heteroatoms.